The van der Waals surface area contributed by atoms with Crippen LogP contribution in [0.15, 0.2) is 140 Å². The van der Waals surface area contributed by atoms with E-state index in [0.29, 0.717) is 22.4 Å². The topological polar surface area (TPSA) is 79.0 Å². The summed E-state index contributed by atoms with van der Waals surface area (Å²) in [5.41, 5.74) is 10.9. The van der Waals surface area contributed by atoms with E-state index in [2.05, 4.69) is 76.5 Å². The molecule has 0 heterocycles. The van der Waals surface area contributed by atoms with Crippen LogP contribution in [0.1, 0.15) is 16.7 Å². The molecule has 0 amide bonds. The summed E-state index contributed by atoms with van der Waals surface area (Å²) in [7, 11) is 0. The van der Waals surface area contributed by atoms with Gasteiger partial charge in [0.2, 0.25) is 0 Å². The Kier molecular flexibility index (Phi) is 7.85. The summed E-state index contributed by atoms with van der Waals surface area (Å²) in [5.74, 6) is 0. The molecule has 0 N–H and O–H groups in total. The van der Waals surface area contributed by atoms with Gasteiger partial charge in [-0.3, -0.25) is 0 Å². The SMILES string of the molecule is [C-]#[N+]c1ccc(-c2ccc(N(c3ccc(-c4ccc(C#N)cc4)cc3)c3ccc(-c4cc(C#N)cc(C#N)c4)cc3)cc2)cc1. The van der Waals surface area contributed by atoms with E-state index in [1.54, 1.807) is 18.2 Å². The van der Waals surface area contributed by atoms with Crippen LogP contribution in [0.5, 0.6) is 0 Å². The van der Waals surface area contributed by atoms with Crippen molar-refractivity contribution in [3.05, 3.63) is 168 Å². The van der Waals surface area contributed by atoms with Gasteiger partial charge in [0.05, 0.1) is 41.5 Å². The second-order valence-corrected chi connectivity index (χ2v) is 10.3. The quantitative estimate of drug-likeness (QED) is 0.186. The molecule has 0 atom stereocenters. The maximum Gasteiger partial charge on any atom is 0.187 e. The fourth-order valence-corrected chi connectivity index (χ4v) is 5.25. The van der Waals surface area contributed by atoms with Crippen LogP contribution in [-0.4, -0.2) is 0 Å². The van der Waals surface area contributed by atoms with Crippen LogP contribution in [0.2, 0.25) is 0 Å². The summed E-state index contributed by atoms with van der Waals surface area (Å²) < 4.78 is 0. The van der Waals surface area contributed by atoms with Gasteiger partial charge in [0.15, 0.2) is 5.69 Å². The molecule has 0 bridgehead atoms. The largest absolute Gasteiger partial charge is 0.311 e. The minimum Gasteiger partial charge on any atom is -0.311 e. The van der Waals surface area contributed by atoms with E-state index in [1.807, 2.05) is 72.8 Å². The van der Waals surface area contributed by atoms with Crippen molar-refractivity contribution in [2.45, 2.75) is 0 Å². The van der Waals surface area contributed by atoms with Crippen molar-refractivity contribution in [2.75, 3.05) is 4.90 Å². The van der Waals surface area contributed by atoms with Gasteiger partial charge in [0.25, 0.3) is 0 Å². The van der Waals surface area contributed by atoms with Gasteiger partial charge in [-0.1, -0.05) is 72.8 Å². The van der Waals surface area contributed by atoms with E-state index >= 15 is 0 Å². The highest BCUT2D eigenvalue weighted by atomic mass is 15.1. The summed E-state index contributed by atoms with van der Waals surface area (Å²) in [6.45, 7) is 7.22. The molecule has 0 fully saturated rings. The van der Waals surface area contributed by atoms with Crippen molar-refractivity contribution in [2.24, 2.45) is 0 Å². The normalized spacial score (nSPS) is 10.1. The second-order valence-electron chi connectivity index (χ2n) is 10.3. The standard InChI is InChI=1S/C40H23N5/c1-44-37-14-6-32(7-15-37)34-10-18-39(19-11-34)45(38-16-8-33(9-17-38)31-4-2-28(25-41)3-5-31)40-20-12-35(13-21-40)36-23-29(26-42)22-30(24-36)27-43/h2-24H. The summed E-state index contributed by atoms with van der Waals surface area (Å²) in [6.07, 6.45) is 0. The van der Waals surface area contributed by atoms with Crippen LogP contribution in [0.4, 0.5) is 22.7 Å². The molecule has 6 aromatic rings. The third-order valence-corrected chi connectivity index (χ3v) is 7.58. The van der Waals surface area contributed by atoms with Gasteiger partial charge in [-0.25, -0.2) is 4.85 Å². The van der Waals surface area contributed by atoms with E-state index in [1.165, 1.54) is 0 Å². The molecule has 0 aromatic heterocycles. The van der Waals surface area contributed by atoms with Crippen molar-refractivity contribution >= 4 is 22.7 Å². The van der Waals surface area contributed by atoms with E-state index in [-0.39, 0.29) is 0 Å². The molecule has 45 heavy (non-hydrogen) atoms. The lowest BCUT2D eigenvalue weighted by Crippen LogP contribution is -2.09. The highest BCUT2D eigenvalue weighted by Crippen LogP contribution is 2.38. The van der Waals surface area contributed by atoms with Crippen LogP contribution in [0.3, 0.4) is 0 Å². The first-order valence-corrected chi connectivity index (χ1v) is 14.1. The first kappa shape index (κ1) is 28.2. The molecule has 0 saturated heterocycles. The van der Waals surface area contributed by atoms with Crippen molar-refractivity contribution < 1.29 is 0 Å². The van der Waals surface area contributed by atoms with Crippen LogP contribution < -0.4 is 4.90 Å². The van der Waals surface area contributed by atoms with Crippen molar-refractivity contribution in [3.8, 4) is 51.6 Å². The van der Waals surface area contributed by atoms with E-state index in [4.69, 9.17) is 11.8 Å². The predicted molar refractivity (Wildman–Crippen MR) is 178 cm³/mol. The van der Waals surface area contributed by atoms with Crippen molar-refractivity contribution in [1.29, 1.82) is 15.8 Å². The molecule has 5 nitrogen and oxygen atoms in total. The number of rotatable bonds is 6. The van der Waals surface area contributed by atoms with Gasteiger partial charge in [-0.05, 0) is 100 Å². The monoisotopic (exact) mass is 573 g/mol. The number of nitriles is 3. The average molecular weight is 574 g/mol. The third kappa shape index (κ3) is 6.02. The second kappa shape index (κ2) is 12.5. The Morgan fingerprint density at radius 3 is 1.09 bits per heavy atom. The predicted octanol–water partition coefficient (Wildman–Crippen LogP) is 10.3. The zero-order chi connectivity index (χ0) is 31.2. The first-order valence-electron chi connectivity index (χ1n) is 14.1. The summed E-state index contributed by atoms with van der Waals surface area (Å²) >= 11 is 0. The Labute approximate surface area is 262 Å². The van der Waals surface area contributed by atoms with Gasteiger partial charge in [0.1, 0.15) is 0 Å². The Morgan fingerprint density at radius 2 is 0.733 bits per heavy atom. The summed E-state index contributed by atoms with van der Waals surface area (Å²) in [4.78, 5) is 5.66. The molecular weight excluding hydrogens is 550 g/mol. The van der Waals surface area contributed by atoms with Gasteiger partial charge in [-0.15, -0.1) is 0 Å². The van der Waals surface area contributed by atoms with Gasteiger partial charge < -0.3 is 4.90 Å². The van der Waals surface area contributed by atoms with Crippen molar-refractivity contribution in [1.82, 2.24) is 0 Å². The van der Waals surface area contributed by atoms with Gasteiger partial charge in [0, 0.05) is 17.1 Å². The zero-order valence-electron chi connectivity index (χ0n) is 24.0. The number of anilines is 3. The smallest absolute Gasteiger partial charge is 0.187 e. The Bertz CT molecular complexity index is 2020. The lowest BCUT2D eigenvalue weighted by Gasteiger charge is -2.26. The molecule has 0 unspecified atom stereocenters. The van der Waals surface area contributed by atoms with Crippen LogP contribution in [0, 0.1) is 40.6 Å². The maximum atomic E-state index is 9.44. The average Bonchev–Trinajstić information content (AvgIpc) is 3.12. The van der Waals surface area contributed by atoms with Crippen molar-refractivity contribution in [3.63, 3.8) is 0 Å². The molecule has 5 heteroatoms. The lowest BCUT2D eigenvalue weighted by atomic mass is 9.99. The highest BCUT2D eigenvalue weighted by molar-refractivity contribution is 5.81. The minimum absolute atomic E-state index is 0.445. The van der Waals surface area contributed by atoms with E-state index < -0.39 is 0 Å². The minimum atomic E-state index is 0.445. The Hall–Kier alpha value is -6.92. The molecule has 0 spiro atoms. The molecule has 6 aromatic carbocycles. The number of benzene rings is 6. The van der Waals surface area contributed by atoms with Gasteiger partial charge >= 0.3 is 0 Å². The number of hydrogen-bond acceptors (Lipinski definition) is 4. The summed E-state index contributed by atoms with van der Waals surface area (Å²) in [6, 6.07) is 51.4. The number of hydrogen-bond donors (Lipinski definition) is 0. The van der Waals surface area contributed by atoms with Gasteiger partial charge in [-0.2, -0.15) is 15.8 Å². The Balaban J connectivity index is 1.38. The fourth-order valence-electron chi connectivity index (χ4n) is 5.25. The Morgan fingerprint density at radius 1 is 0.400 bits per heavy atom. The molecule has 6 rings (SSSR count). The lowest BCUT2D eigenvalue weighted by molar-refractivity contribution is 1.28. The zero-order valence-corrected chi connectivity index (χ0v) is 24.0. The highest BCUT2D eigenvalue weighted by Gasteiger charge is 2.14. The molecular formula is C40H23N5. The van der Waals surface area contributed by atoms with Crippen LogP contribution in [0.25, 0.3) is 38.2 Å². The summed E-state index contributed by atoms with van der Waals surface area (Å²) in [5, 5.41) is 28.0. The molecule has 208 valence electrons. The maximum absolute atomic E-state index is 9.44. The third-order valence-electron chi connectivity index (χ3n) is 7.58. The first-order chi connectivity index (χ1) is 22.1. The van der Waals surface area contributed by atoms with E-state index in [9.17, 15) is 10.5 Å². The fraction of sp³-hybridized carbons (Fsp3) is 0. The van der Waals surface area contributed by atoms with Crippen LogP contribution >= 0.6 is 0 Å². The molecule has 0 aliphatic carbocycles. The molecule has 0 radical (unpaired) electrons. The molecule has 0 aliphatic rings. The van der Waals surface area contributed by atoms with E-state index in [0.717, 1.165) is 50.4 Å². The van der Waals surface area contributed by atoms with Crippen LogP contribution in [-0.2, 0) is 0 Å². The number of nitrogens with zero attached hydrogens (tertiary/aromatic N) is 5. The molecule has 0 saturated carbocycles. The molecule has 0 aliphatic heterocycles.